The summed E-state index contributed by atoms with van der Waals surface area (Å²) in [6.07, 6.45) is -1.55. The predicted molar refractivity (Wildman–Crippen MR) is 130 cm³/mol. The van der Waals surface area contributed by atoms with E-state index in [0.717, 1.165) is 5.69 Å². The van der Waals surface area contributed by atoms with Crippen molar-refractivity contribution in [2.24, 2.45) is 0 Å². The normalized spacial score (nSPS) is 19.9. The van der Waals surface area contributed by atoms with Gasteiger partial charge in [0, 0.05) is 17.2 Å². The maximum Gasteiger partial charge on any atom is 0.452 e. The Hall–Kier alpha value is -4.01. The fraction of sp³-hybridized carbons (Fsp3) is 0.250. The van der Waals surface area contributed by atoms with Crippen molar-refractivity contribution < 1.29 is 26.8 Å². The minimum absolute atomic E-state index is 0.0538. The van der Waals surface area contributed by atoms with E-state index in [1.165, 1.54) is 18.3 Å². The van der Waals surface area contributed by atoms with E-state index < -0.39 is 29.2 Å². The highest BCUT2D eigenvalue weighted by Crippen LogP contribution is 2.45. The number of pyridine rings is 1. The molecular weight excluding hydrogens is 486 g/mol. The molecule has 0 spiro atoms. The number of nitrogens with zero attached hydrogens (tertiary/aromatic N) is 2. The van der Waals surface area contributed by atoms with Gasteiger partial charge in [0.15, 0.2) is 5.69 Å². The number of hydrogen-bond donors (Lipinski definition) is 1. The number of aromatic nitrogens is 2. The maximum atomic E-state index is 15.4. The zero-order valence-corrected chi connectivity index (χ0v) is 19.6. The summed E-state index contributed by atoms with van der Waals surface area (Å²) in [5.74, 6) is -2.78. The third-order valence-electron chi connectivity index (χ3n) is 6.65. The number of anilines is 1. The summed E-state index contributed by atoms with van der Waals surface area (Å²) in [5, 5.41) is 2.42. The molecule has 0 aliphatic heterocycles. The standard InChI is InChI=1S/C28H23F4N3O2/c29-27(20-9-5-2-6-10-20)15-13-18(14-16-27)22-12-11-21(17-33-22)34-25(36)23-24(28(30,31)32)37-26(35-23)19-7-3-1-4-8-19/h1-12,17-18H,13-16H2,(H,34,36). The number of nitrogens with one attached hydrogen (secondary N) is 1. The summed E-state index contributed by atoms with van der Waals surface area (Å²) >= 11 is 0. The molecule has 9 heteroatoms. The smallest absolute Gasteiger partial charge is 0.431 e. The van der Waals surface area contributed by atoms with Crippen molar-refractivity contribution in [2.75, 3.05) is 5.32 Å². The molecule has 0 unspecified atom stereocenters. The number of carbonyl (C=O) groups is 1. The summed E-state index contributed by atoms with van der Waals surface area (Å²) in [6.45, 7) is 0. The lowest BCUT2D eigenvalue weighted by atomic mass is 9.75. The van der Waals surface area contributed by atoms with E-state index in [9.17, 15) is 18.0 Å². The molecule has 0 saturated heterocycles. The topological polar surface area (TPSA) is 68.0 Å². The van der Waals surface area contributed by atoms with Crippen molar-refractivity contribution in [3.8, 4) is 11.5 Å². The molecule has 37 heavy (non-hydrogen) atoms. The van der Waals surface area contributed by atoms with Crippen molar-refractivity contribution in [1.29, 1.82) is 0 Å². The van der Waals surface area contributed by atoms with Crippen LogP contribution >= 0.6 is 0 Å². The molecule has 0 atom stereocenters. The minimum Gasteiger partial charge on any atom is -0.431 e. The molecule has 1 fully saturated rings. The van der Waals surface area contributed by atoms with Gasteiger partial charge in [0.05, 0.1) is 11.9 Å². The first-order valence-corrected chi connectivity index (χ1v) is 11.9. The predicted octanol–water partition coefficient (Wildman–Crippen LogP) is 7.53. The van der Waals surface area contributed by atoms with Gasteiger partial charge in [-0.15, -0.1) is 0 Å². The zero-order valence-electron chi connectivity index (χ0n) is 19.6. The lowest BCUT2D eigenvalue weighted by molar-refractivity contribution is -0.153. The molecule has 1 aliphatic carbocycles. The third-order valence-corrected chi connectivity index (χ3v) is 6.65. The highest BCUT2D eigenvalue weighted by Gasteiger charge is 2.42. The molecule has 4 aromatic rings. The highest BCUT2D eigenvalue weighted by atomic mass is 19.4. The van der Waals surface area contributed by atoms with Crippen molar-refractivity contribution in [1.82, 2.24) is 9.97 Å². The molecule has 5 nitrogen and oxygen atoms in total. The second-order valence-electron chi connectivity index (χ2n) is 9.09. The number of hydrogen-bond acceptors (Lipinski definition) is 4. The second-order valence-corrected chi connectivity index (χ2v) is 9.09. The largest absolute Gasteiger partial charge is 0.452 e. The Bertz CT molecular complexity index is 1360. The van der Waals surface area contributed by atoms with Crippen molar-refractivity contribution in [3.63, 3.8) is 0 Å². The molecule has 0 radical (unpaired) electrons. The Balaban J connectivity index is 1.28. The van der Waals surface area contributed by atoms with E-state index >= 15 is 4.39 Å². The molecule has 1 amide bonds. The van der Waals surface area contributed by atoms with Gasteiger partial charge in [0.25, 0.3) is 5.91 Å². The van der Waals surface area contributed by atoms with Crippen LogP contribution < -0.4 is 5.32 Å². The first-order chi connectivity index (χ1) is 17.7. The monoisotopic (exact) mass is 509 g/mol. The molecule has 1 saturated carbocycles. The van der Waals surface area contributed by atoms with Crippen LogP contribution in [-0.2, 0) is 11.8 Å². The van der Waals surface area contributed by atoms with Crippen LogP contribution in [0, 0.1) is 0 Å². The molecular formula is C28H23F4N3O2. The fourth-order valence-electron chi connectivity index (χ4n) is 4.68. The van der Waals surface area contributed by atoms with Crippen molar-refractivity contribution in [2.45, 2.75) is 43.4 Å². The molecule has 1 aliphatic rings. The van der Waals surface area contributed by atoms with E-state index in [-0.39, 0.29) is 17.5 Å². The minimum atomic E-state index is -4.90. The SMILES string of the molecule is O=C(Nc1ccc(C2CCC(F)(c3ccccc3)CC2)nc1)c1nc(-c2ccccc2)oc1C(F)(F)F. The molecule has 2 aromatic heterocycles. The van der Waals surface area contributed by atoms with E-state index in [4.69, 9.17) is 4.42 Å². The van der Waals surface area contributed by atoms with Gasteiger partial charge in [0.2, 0.25) is 11.7 Å². The second kappa shape index (κ2) is 9.80. The van der Waals surface area contributed by atoms with Crippen LogP contribution in [-0.4, -0.2) is 15.9 Å². The van der Waals surface area contributed by atoms with Gasteiger partial charge in [-0.05, 0) is 55.5 Å². The third kappa shape index (κ3) is 5.26. The Morgan fingerprint density at radius 3 is 2.19 bits per heavy atom. The molecule has 2 aromatic carbocycles. The van der Waals surface area contributed by atoms with E-state index in [1.54, 1.807) is 42.5 Å². The molecule has 190 valence electrons. The average Bonchev–Trinajstić information content (AvgIpc) is 3.38. The van der Waals surface area contributed by atoms with E-state index in [0.29, 0.717) is 36.8 Å². The van der Waals surface area contributed by atoms with Gasteiger partial charge in [-0.1, -0.05) is 48.5 Å². The van der Waals surface area contributed by atoms with Crippen LogP contribution in [0.25, 0.3) is 11.5 Å². The molecule has 0 bridgehead atoms. The number of oxazole rings is 1. The first-order valence-electron chi connectivity index (χ1n) is 11.9. The summed E-state index contributed by atoms with van der Waals surface area (Å²) < 4.78 is 61.0. The average molecular weight is 510 g/mol. The van der Waals surface area contributed by atoms with Gasteiger partial charge in [-0.25, -0.2) is 9.37 Å². The Labute approximate surface area is 210 Å². The molecule has 1 N–H and O–H groups in total. The molecule has 5 rings (SSSR count). The first kappa shape index (κ1) is 24.7. The summed E-state index contributed by atoms with van der Waals surface area (Å²) in [6, 6.07) is 20.4. The van der Waals surface area contributed by atoms with Gasteiger partial charge in [-0.2, -0.15) is 13.2 Å². The van der Waals surface area contributed by atoms with E-state index in [1.807, 2.05) is 18.2 Å². The number of benzene rings is 2. The lowest BCUT2D eigenvalue weighted by Gasteiger charge is -2.34. The van der Waals surface area contributed by atoms with Crippen LogP contribution in [0.4, 0.5) is 23.2 Å². The van der Waals surface area contributed by atoms with Gasteiger partial charge in [-0.3, -0.25) is 9.78 Å². The number of rotatable bonds is 5. The Morgan fingerprint density at radius 2 is 1.59 bits per heavy atom. The number of carbonyl (C=O) groups excluding carboxylic acids is 1. The summed E-state index contributed by atoms with van der Waals surface area (Å²) in [4.78, 5) is 20.9. The summed E-state index contributed by atoms with van der Waals surface area (Å²) in [5.41, 5.74) is -0.264. The highest BCUT2D eigenvalue weighted by molar-refractivity contribution is 6.03. The number of alkyl halides is 4. The quantitative estimate of drug-likeness (QED) is 0.282. The lowest BCUT2D eigenvalue weighted by Crippen LogP contribution is -2.26. The van der Waals surface area contributed by atoms with Crippen LogP contribution in [0.1, 0.15) is 59.1 Å². The Kier molecular flexibility index (Phi) is 6.54. The number of halogens is 4. The van der Waals surface area contributed by atoms with Crippen LogP contribution in [0.15, 0.2) is 83.4 Å². The van der Waals surface area contributed by atoms with E-state index in [2.05, 4.69) is 15.3 Å². The van der Waals surface area contributed by atoms with Gasteiger partial charge in [0.1, 0.15) is 5.67 Å². The molecule has 2 heterocycles. The summed E-state index contributed by atoms with van der Waals surface area (Å²) in [7, 11) is 0. The van der Waals surface area contributed by atoms with Crippen LogP contribution in [0.5, 0.6) is 0 Å². The maximum absolute atomic E-state index is 15.4. The van der Waals surface area contributed by atoms with Crippen LogP contribution in [0.2, 0.25) is 0 Å². The number of amides is 1. The zero-order chi connectivity index (χ0) is 26.0. The Morgan fingerprint density at radius 1 is 0.946 bits per heavy atom. The van der Waals surface area contributed by atoms with Gasteiger partial charge >= 0.3 is 6.18 Å². The van der Waals surface area contributed by atoms with Gasteiger partial charge < -0.3 is 9.73 Å². The fourth-order valence-corrected chi connectivity index (χ4v) is 4.68. The van der Waals surface area contributed by atoms with Crippen molar-refractivity contribution >= 4 is 11.6 Å². The van der Waals surface area contributed by atoms with Crippen molar-refractivity contribution in [3.05, 3.63) is 102 Å². The van der Waals surface area contributed by atoms with Crippen LogP contribution in [0.3, 0.4) is 0 Å².